The maximum absolute atomic E-state index is 12.4. The molecule has 102 valence electrons. The molecule has 2 rings (SSSR count). The Morgan fingerprint density at radius 3 is 2.53 bits per heavy atom. The number of nitrogens with zero attached hydrogens (tertiary/aromatic N) is 3. The van der Waals surface area contributed by atoms with E-state index in [0.717, 1.165) is 28.4 Å². The van der Waals surface area contributed by atoms with Gasteiger partial charge in [-0.2, -0.15) is 5.26 Å². The van der Waals surface area contributed by atoms with Gasteiger partial charge in [0.05, 0.1) is 16.8 Å². The smallest absolute Gasteiger partial charge is 0.265 e. The van der Waals surface area contributed by atoms with Crippen LogP contribution in [0.15, 0.2) is 0 Å². The molecule has 4 nitrogen and oxygen atoms in total. The fourth-order valence-electron chi connectivity index (χ4n) is 2.31. The van der Waals surface area contributed by atoms with Crippen molar-refractivity contribution in [3.63, 3.8) is 0 Å². The number of carbonyl (C=O) groups excluding carboxylic acids is 1. The first-order valence-electron chi connectivity index (χ1n) is 6.21. The first kappa shape index (κ1) is 14.4. The van der Waals surface area contributed by atoms with Crippen molar-refractivity contribution in [3.05, 3.63) is 15.6 Å². The van der Waals surface area contributed by atoms with Gasteiger partial charge in [-0.1, -0.05) is 0 Å². The summed E-state index contributed by atoms with van der Waals surface area (Å²) in [6, 6.07) is 2.40. The summed E-state index contributed by atoms with van der Waals surface area (Å²) < 4.78 is -0.310. The van der Waals surface area contributed by atoms with Crippen LogP contribution in [0.4, 0.5) is 0 Å². The number of amides is 1. The van der Waals surface area contributed by atoms with E-state index in [2.05, 4.69) is 11.1 Å². The van der Waals surface area contributed by atoms with E-state index in [4.69, 9.17) is 0 Å². The third kappa shape index (κ3) is 2.77. The van der Waals surface area contributed by atoms with Crippen molar-refractivity contribution in [2.75, 3.05) is 19.3 Å². The van der Waals surface area contributed by atoms with Crippen molar-refractivity contribution < 1.29 is 4.79 Å². The molecule has 0 aliphatic carbocycles. The van der Waals surface area contributed by atoms with E-state index in [9.17, 15) is 10.1 Å². The number of hydrogen-bond acceptors (Lipinski definition) is 5. The van der Waals surface area contributed by atoms with Gasteiger partial charge in [0.1, 0.15) is 9.62 Å². The third-order valence-electron chi connectivity index (χ3n) is 3.55. The molecule has 0 bridgehead atoms. The van der Waals surface area contributed by atoms with Crippen LogP contribution in [0.25, 0.3) is 0 Å². The lowest BCUT2D eigenvalue weighted by molar-refractivity contribution is 0.0720. The van der Waals surface area contributed by atoms with E-state index in [1.807, 2.05) is 25.0 Å². The zero-order valence-corrected chi connectivity index (χ0v) is 13.0. The molecule has 1 saturated heterocycles. The van der Waals surface area contributed by atoms with Gasteiger partial charge in [-0.05, 0) is 32.9 Å². The van der Waals surface area contributed by atoms with Crippen LogP contribution in [0.5, 0.6) is 0 Å². The number of thioether (sulfide) groups is 1. The predicted octanol–water partition coefficient (Wildman–Crippen LogP) is 2.62. The SMILES string of the molecule is CSC1(C#N)CCN(C(=O)c2sc(C)nc2C)CC1. The summed E-state index contributed by atoms with van der Waals surface area (Å²) >= 11 is 3.06. The summed E-state index contributed by atoms with van der Waals surface area (Å²) in [6.45, 7) is 5.11. The molecule has 0 radical (unpaired) electrons. The Morgan fingerprint density at radius 2 is 2.11 bits per heavy atom. The van der Waals surface area contributed by atoms with Crippen LogP contribution in [0.1, 0.15) is 33.2 Å². The maximum atomic E-state index is 12.4. The van der Waals surface area contributed by atoms with Gasteiger partial charge >= 0.3 is 0 Å². The van der Waals surface area contributed by atoms with E-state index in [1.54, 1.807) is 11.8 Å². The lowest BCUT2D eigenvalue weighted by Crippen LogP contribution is -2.44. The molecule has 0 spiro atoms. The summed E-state index contributed by atoms with van der Waals surface area (Å²) in [4.78, 5) is 19.3. The van der Waals surface area contributed by atoms with Gasteiger partial charge in [0.15, 0.2) is 0 Å². The molecular weight excluding hydrogens is 278 g/mol. The molecule has 6 heteroatoms. The van der Waals surface area contributed by atoms with Gasteiger partial charge in [-0.3, -0.25) is 4.79 Å². The topological polar surface area (TPSA) is 57.0 Å². The number of hydrogen-bond donors (Lipinski definition) is 0. The average molecular weight is 295 g/mol. The molecule has 0 unspecified atom stereocenters. The molecule has 1 aliphatic rings. The minimum atomic E-state index is -0.310. The highest BCUT2D eigenvalue weighted by molar-refractivity contribution is 8.00. The van der Waals surface area contributed by atoms with Gasteiger partial charge in [0, 0.05) is 13.1 Å². The van der Waals surface area contributed by atoms with Gasteiger partial charge in [0.2, 0.25) is 0 Å². The molecular formula is C13H17N3OS2. The quantitative estimate of drug-likeness (QED) is 0.841. The third-order valence-corrected chi connectivity index (χ3v) is 5.89. The fourth-order valence-corrected chi connectivity index (χ4v) is 3.88. The molecule has 2 heterocycles. The van der Waals surface area contributed by atoms with Gasteiger partial charge in [-0.25, -0.2) is 4.98 Å². The Balaban J connectivity index is 2.08. The highest BCUT2D eigenvalue weighted by Crippen LogP contribution is 2.34. The van der Waals surface area contributed by atoms with Crippen LogP contribution >= 0.6 is 23.1 Å². The summed E-state index contributed by atoms with van der Waals surface area (Å²) in [7, 11) is 0. The van der Waals surface area contributed by atoms with Crippen molar-refractivity contribution in [2.45, 2.75) is 31.4 Å². The summed E-state index contributed by atoms with van der Waals surface area (Å²) in [6.07, 6.45) is 3.46. The van der Waals surface area contributed by atoms with Crippen molar-refractivity contribution >= 4 is 29.0 Å². The maximum Gasteiger partial charge on any atom is 0.265 e. The number of likely N-dealkylation sites (tertiary alicyclic amines) is 1. The number of carbonyl (C=O) groups is 1. The molecule has 0 atom stereocenters. The second-order valence-electron chi connectivity index (χ2n) is 4.75. The summed E-state index contributed by atoms with van der Waals surface area (Å²) in [5.41, 5.74) is 0.814. The molecule has 1 aromatic rings. The first-order valence-corrected chi connectivity index (χ1v) is 8.25. The van der Waals surface area contributed by atoms with E-state index in [0.29, 0.717) is 13.1 Å². The number of rotatable bonds is 2. The van der Waals surface area contributed by atoms with E-state index in [1.165, 1.54) is 11.3 Å². The predicted molar refractivity (Wildman–Crippen MR) is 78.6 cm³/mol. The van der Waals surface area contributed by atoms with Gasteiger partial charge < -0.3 is 4.90 Å². The number of nitriles is 1. The average Bonchev–Trinajstić information content (AvgIpc) is 2.77. The van der Waals surface area contributed by atoms with E-state index >= 15 is 0 Å². The Hall–Kier alpha value is -1.06. The van der Waals surface area contributed by atoms with Crippen LogP contribution in [0, 0.1) is 25.2 Å². The standard InChI is InChI=1S/C13H17N3OS2/c1-9-11(19-10(2)15-9)12(17)16-6-4-13(8-14,18-3)5-7-16/h4-7H2,1-3H3. The first-order chi connectivity index (χ1) is 9.01. The van der Waals surface area contributed by atoms with Crippen molar-refractivity contribution in [1.82, 2.24) is 9.88 Å². The van der Waals surface area contributed by atoms with Crippen LogP contribution in [-0.4, -0.2) is 39.9 Å². The summed E-state index contributed by atoms with van der Waals surface area (Å²) in [5, 5.41) is 10.2. The zero-order chi connectivity index (χ0) is 14.0. The number of aromatic nitrogens is 1. The molecule has 1 aromatic heterocycles. The molecule has 1 fully saturated rings. The van der Waals surface area contributed by atoms with Crippen LogP contribution in [0.2, 0.25) is 0 Å². The lowest BCUT2D eigenvalue weighted by atomic mass is 9.97. The highest BCUT2D eigenvalue weighted by Gasteiger charge is 2.36. The Bertz CT molecular complexity index is 524. The zero-order valence-electron chi connectivity index (χ0n) is 11.4. The van der Waals surface area contributed by atoms with E-state index in [-0.39, 0.29) is 10.7 Å². The molecule has 0 aromatic carbocycles. The van der Waals surface area contributed by atoms with Crippen molar-refractivity contribution in [1.29, 1.82) is 5.26 Å². The minimum absolute atomic E-state index is 0.0655. The van der Waals surface area contributed by atoms with Crippen LogP contribution in [0.3, 0.4) is 0 Å². The highest BCUT2D eigenvalue weighted by atomic mass is 32.2. The number of piperidine rings is 1. The van der Waals surface area contributed by atoms with E-state index < -0.39 is 0 Å². The molecule has 1 amide bonds. The molecule has 19 heavy (non-hydrogen) atoms. The normalized spacial score (nSPS) is 18.1. The fraction of sp³-hybridized carbons (Fsp3) is 0.615. The second kappa shape index (κ2) is 5.51. The Labute approximate surface area is 121 Å². The Morgan fingerprint density at radius 1 is 1.47 bits per heavy atom. The lowest BCUT2D eigenvalue weighted by Gasteiger charge is -2.36. The molecule has 1 aliphatic heterocycles. The van der Waals surface area contributed by atoms with Crippen LogP contribution < -0.4 is 0 Å². The second-order valence-corrected chi connectivity index (χ2v) is 7.14. The largest absolute Gasteiger partial charge is 0.338 e. The monoisotopic (exact) mass is 295 g/mol. The minimum Gasteiger partial charge on any atom is -0.338 e. The Kier molecular flexibility index (Phi) is 4.16. The molecule has 0 N–H and O–H groups in total. The molecule has 0 saturated carbocycles. The number of aryl methyl sites for hydroxylation is 2. The van der Waals surface area contributed by atoms with Crippen molar-refractivity contribution in [3.8, 4) is 6.07 Å². The number of thiazole rings is 1. The van der Waals surface area contributed by atoms with Crippen LogP contribution in [-0.2, 0) is 0 Å². The van der Waals surface area contributed by atoms with Gasteiger partial charge in [-0.15, -0.1) is 23.1 Å². The van der Waals surface area contributed by atoms with Gasteiger partial charge in [0.25, 0.3) is 5.91 Å². The summed E-state index contributed by atoms with van der Waals surface area (Å²) in [5.74, 6) is 0.0655. The van der Waals surface area contributed by atoms with Crippen molar-refractivity contribution in [2.24, 2.45) is 0 Å².